The molecule has 0 radical (unpaired) electrons. The van der Waals surface area contributed by atoms with Crippen molar-refractivity contribution < 1.29 is 14.3 Å². The second kappa shape index (κ2) is 7.80. The summed E-state index contributed by atoms with van der Waals surface area (Å²) in [7, 11) is 0. The van der Waals surface area contributed by atoms with Crippen LogP contribution in [0.2, 0.25) is 0 Å². The van der Waals surface area contributed by atoms with Gasteiger partial charge in [0.1, 0.15) is 5.56 Å². The Labute approximate surface area is 117 Å². The topological polar surface area (TPSA) is 35.5 Å². The Morgan fingerprint density at radius 3 is 2.18 bits per heavy atom. The van der Waals surface area contributed by atoms with Crippen molar-refractivity contribution in [3.63, 3.8) is 0 Å². The van der Waals surface area contributed by atoms with Gasteiger partial charge in [0, 0.05) is 13.2 Å². The second-order valence-electron chi connectivity index (χ2n) is 4.08. The number of carbonyl (C=O) groups excluding carboxylic acids is 1. The zero-order valence-electron chi connectivity index (χ0n) is 9.59. The van der Waals surface area contributed by atoms with Crippen molar-refractivity contribution >= 4 is 40.0 Å². The van der Waals surface area contributed by atoms with E-state index in [0.29, 0.717) is 13.0 Å². The number of alkyl halides is 2. The molecule has 0 spiro atoms. The number of halogens is 3. The van der Waals surface area contributed by atoms with Crippen molar-refractivity contribution in [3.05, 3.63) is 0 Å². The molecule has 100 valence electrons. The average Bonchev–Trinajstić information content (AvgIpc) is 2.31. The molecule has 2 aliphatic rings. The van der Waals surface area contributed by atoms with Crippen LogP contribution in [0.5, 0.6) is 0 Å². The molecule has 0 aromatic rings. The quantitative estimate of drug-likeness (QED) is 0.548. The minimum atomic E-state index is -1.22. The van der Waals surface area contributed by atoms with Gasteiger partial charge in [-0.1, -0.05) is 23.2 Å². The summed E-state index contributed by atoms with van der Waals surface area (Å²) < 4.78 is 10.1. The molecule has 2 heterocycles. The van der Waals surface area contributed by atoms with Crippen LogP contribution in [-0.2, 0) is 14.3 Å². The van der Waals surface area contributed by atoms with E-state index in [1.54, 1.807) is 0 Å². The van der Waals surface area contributed by atoms with E-state index in [1.807, 2.05) is 0 Å². The molecule has 0 amide bonds. The highest BCUT2D eigenvalue weighted by atomic mass is 35.5. The first-order valence-corrected chi connectivity index (χ1v) is 7.02. The predicted octanol–water partition coefficient (Wildman–Crippen LogP) is 3.64. The summed E-state index contributed by atoms with van der Waals surface area (Å²) in [5.41, 5.74) is 0.00810. The maximum Gasteiger partial charge on any atom is 0.269 e. The molecule has 17 heavy (non-hydrogen) atoms. The number of carbonyl (C=O) groups is 1. The Kier molecular flexibility index (Phi) is 7.12. The average molecular weight is 304 g/mol. The lowest BCUT2D eigenvalue weighted by Crippen LogP contribution is -2.35. The Hall–Kier alpha value is 0.460. The molecule has 2 saturated heterocycles. The van der Waals surface area contributed by atoms with Gasteiger partial charge in [-0.05, 0) is 50.1 Å². The molecule has 3 nitrogen and oxygen atoms in total. The van der Waals surface area contributed by atoms with Gasteiger partial charge in [-0.25, -0.2) is 0 Å². The highest BCUT2D eigenvalue weighted by Gasteiger charge is 2.37. The molecule has 0 N–H and O–H groups in total. The van der Waals surface area contributed by atoms with Crippen LogP contribution in [0.4, 0.5) is 0 Å². The lowest BCUT2D eigenvalue weighted by molar-refractivity contribution is -0.129. The lowest BCUT2D eigenvalue weighted by Gasteiger charge is -2.27. The highest BCUT2D eigenvalue weighted by Crippen LogP contribution is 2.30. The molecule has 2 aliphatic heterocycles. The Bertz CT molecular complexity index is 236. The van der Waals surface area contributed by atoms with E-state index in [9.17, 15) is 4.79 Å². The van der Waals surface area contributed by atoms with Gasteiger partial charge in [0.15, 0.2) is 0 Å². The summed E-state index contributed by atoms with van der Waals surface area (Å²) in [5, 5.41) is -1.83. The maximum atomic E-state index is 10.6. The third kappa shape index (κ3) is 5.75. The first-order valence-electron chi connectivity index (χ1n) is 5.83. The summed E-state index contributed by atoms with van der Waals surface area (Å²) in [4.78, 5) is 10.6. The van der Waals surface area contributed by atoms with Crippen LogP contribution in [0.15, 0.2) is 0 Å². The number of rotatable bonds is 1. The van der Waals surface area contributed by atoms with Crippen LogP contribution >= 0.6 is 34.8 Å². The molecule has 6 heteroatoms. The van der Waals surface area contributed by atoms with Crippen LogP contribution in [0.25, 0.3) is 0 Å². The number of hydrogen-bond acceptors (Lipinski definition) is 3. The summed E-state index contributed by atoms with van der Waals surface area (Å²) in [6.45, 7) is 1.39. The van der Waals surface area contributed by atoms with Crippen molar-refractivity contribution in [2.45, 2.75) is 49.1 Å². The summed E-state index contributed by atoms with van der Waals surface area (Å²) >= 11 is 16.5. The largest absolute Gasteiger partial charge is 0.362 e. The molecule has 2 atom stereocenters. The zero-order chi connectivity index (χ0) is 12.7. The molecular weight excluding hydrogens is 286 g/mol. The summed E-state index contributed by atoms with van der Waals surface area (Å²) in [6.07, 6.45) is 5.83. The molecule has 2 rings (SSSR count). The van der Waals surface area contributed by atoms with E-state index < -0.39 is 10.3 Å². The van der Waals surface area contributed by atoms with E-state index in [4.69, 9.17) is 44.3 Å². The third-order valence-electron chi connectivity index (χ3n) is 2.64. The van der Waals surface area contributed by atoms with Gasteiger partial charge < -0.3 is 9.47 Å². The van der Waals surface area contributed by atoms with Gasteiger partial charge in [-0.15, -0.1) is 0 Å². The standard InChI is InChI=1S/C6H8Cl2O2.C5H9ClO/c7-5(9)6(8)3-1-2-4-10-6;6-5-3-1-2-4-7-5/h1-4H2;5H,1-4H2. The zero-order valence-corrected chi connectivity index (χ0v) is 11.9. The number of hydrogen-bond donors (Lipinski definition) is 0. The minimum Gasteiger partial charge on any atom is -0.362 e. The smallest absolute Gasteiger partial charge is 0.269 e. The lowest BCUT2D eigenvalue weighted by atomic mass is 10.1. The maximum absolute atomic E-state index is 10.6. The van der Waals surface area contributed by atoms with E-state index in [0.717, 1.165) is 25.9 Å². The van der Waals surface area contributed by atoms with Gasteiger partial charge in [-0.3, -0.25) is 4.79 Å². The normalized spacial score (nSPS) is 33.5. The first kappa shape index (κ1) is 15.5. The van der Waals surface area contributed by atoms with Crippen LogP contribution in [-0.4, -0.2) is 29.1 Å². The van der Waals surface area contributed by atoms with Crippen molar-refractivity contribution in [2.75, 3.05) is 13.2 Å². The number of ether oxygens (including phenoxy) is 2. The van der Waals surface area contributed by atoms with Crippen LogP contribution in [0.3, 0.4) is 0 Å². The highest BCUT2D eigenvalue weighted by molar-refractivity contribution is 6.70. The third-order valence-corrected chi connectivity index (χ3v) is 3.86. The molecular formula is C11H17Cl3O3. The fourth-order valence-corrected chi connectivity index (χ4v) is 2.22. The van der Waals surface area contributed by atoms with E-state index in [2.05, 4.69) is 0 Å². The molecule has 2 unspecified atom stereocenters. The molecule has 0 aromatic carbocycles. The first-order chi connectivity index (χ1) is 8.04. The van der Waals surface area contributed by atoms with Crippen molar-refractivity contribution in [3.8, 4) is 0 Å². The molecule has 0 aliphatic carbocycles. The molecule has 0 bridgehead atoms. The summed E-state index contributed by atoms with van der Waals surface area (Å²) in [6, 6.07) is 0. The van der Waals surface area contributed by atoms with E-state index >= 15 is 0 Å². The van der Waals surface area contributed by atoms with E-state index in [-0.39, 0.29) is 5.56 Å². The molecule has 0 aromatic heterocycles. The predicted molar refractivity (Wildman–Crippen MR) is 68.7 cm³/mol. The van der Waals surface area contributed by atoms with Crippen molar-refractivity contribution in [2.24, 2.45) is 0 Å². The molecule has 0 saturated carbocycles. The van der Waals surface area contributed by atoms with Gasteiger partial charge in [0.25, 0.3) is 5.24 Å². The summed E-state index contributed by atoms with van der Waals surface area (Å²) in [5.74, 6) is 0. The molecule has 2 fully saturated rings. The van der Waals surface area contributed by atoms with Crippen molar-refractivity contribution in [1.82, 2.24) is 0 Å². The Morgan fingerprint density at radius 2 is 1.88 bits per heavy atom. The van der Waals surface area contributed by atoms with Crippen LogP contribution < -0.4 is 0 Å². The fourth-order valence-electron chi connectivity index (χ4n) is 1.62. The van der Waals surface area contributed by atoms with Crippen LogP contribution in [0.1, 0.15) is 38.5 Å². The minimum absolute atomic E-state index is 0.00810. The second-order valence-corrected chi connectivity index (χ2v) is 5.52. The van der Waals surface area contributed by atoms with E-state index in [1.165, 1.54) is 12.8 Å². The Morgan fingerprint density at radius 1 is 1.18 bits per heavy atom. The van der Waals surface area contributed by atoms with Gasteiger partial charge in [0.05, 0.1) is 0 Å². The monoisotopic (exact) mass is 302 g/mol. The van der Waals surface area contributed by atoms with Crippen LogP contribution in [0, 0.1) is 0 Å². The van der Waals surface area contributed by atoms with Gasteiger partial charge in [0.2, 0.25) is 5.06 Å². The van der Waals surface area contributed by atoms with Crippen molar-refractivity contribution in [1.29, 1.82) is 0 Å². The Balaban J connectivity index is 0.000000181. The fraction of sp³-hybridized carbons (Fsp3) is 0.909. The SMILES string of the molecule is ClC1CCCCO1.O=C(Cl)C1(Cl)CCCCO1. The van der Waals surface area contributed by atoms with Gasteiger partial charge in [-0.2, -0.15) is 0 Å². The van der Waals surface area contributed by atoms with Gasteiger partial charge >= 0.3 is 0 Å².